The van der Waals surface area contributed by atoms with Crippen LogP contribution in [0.4, 0.5) is 14.5 Å². The number of anilines is 1. The minimum absolute atomic E-state index is 0.0195. The molecule has 0 unspecified atom stereocenters. The van der Waals surface area contributed by atoms with Crippen molar-refractivity contribution >= 4 is 17.6 Å². The van der Waals surface area contributed by atoms with Crippen molar-refractivity contribution in [2.24, 2.45) is 0 Å². The van der Waals surface area contributed by atoms with E-state index >= 15 is 0 Å². The van der Waals surface area contributed by atoms with Crippen molar-refractivity contribution in [3.8, 4) is 34.3 Å². The van der Waals surface area contributed by atoms with E-state index in [2.05, 4.69) is 14.9 Å². The Kier molecular flexibility index (Phi) is 7.42. The average molecular weight is 516 g/mol. The number of methoxy groups -OCH3 is 1. The minimum atomic E-state index is -2.98. The van der Waals surface area contributed by atoms with Gasteiger partial charge in [0.25, 0.3) is 5.89 Å². The van der Waals surface area contributed by atoms with Crippen LogP contribution in [0.2, 0.25) is 0 Å². The molecule has 196 valence electrons. The Bertz CT molecular complexity index is 1300. The van der Waals surface area contributed by atoms with Gasteiger partial charge in [0.2, 0.25) is 11.7 Å². The molecule has 0 radical (unpaired) electrons. The van der Waals surface area contributed by atoms with E-state index in [-0.39, 0.29) is 36.1 Å². The van der Waals surface area contributed by atoms with Gasteiger partial charge in [-0.3, -0.25) is 9.59 Å². The molecular weight excluding hydrogens is 488 g/mol. The summed E-state index contributed by atoms with van der Waals surface area (Å²) in [6.45, 7) is 2.88. The molecule has 0 spiro atoms. The van der Waals surface area contributed by atoms with Crippen molar-refractivity contribution in [3.63, 3.8) is 0 Å². The van der Waals surface area contributed by atoms with Crippen LogP contribution in [0.1, 0.15) is 39.2 Å². The third-order valence-corrected chi connectivity index (χ3v) is 5.55. The highest BCUT2D eigenvalue weighted by Gasteiger charge is 2.27. The maximum Gasteiger partial charge on any atom is 0.387 e. The van der Waals surface area contributed by atoms with E-state index in [0.717, 1.165) is 11.3 Å². The van der Waals surface area contributed by atoms with Crippen molar-refractivity contribution in [2.75, 3.05) is 18.6 Å². The normalized spacial score (nSPS) is 13.0. The Hall–Kier alpha value is -4.02. The van der Waals surface area contributed by atoms with E-state index in [1.165, 1.54) is 25.3 Å². The Morgan fingerprint density at radius 1 is 1.08 bits per heavy atom. The molecular formula is C26H27F2N3O6. The number of halogens is 2. The summed E-state index contributed by atoms with van der Waals surface area (Å²) in [4.78, 5) is 30.8. The van der Waals surface area contributed by atoms with E-state index in [9.17, 15) is 18.4 Å². The summed E-state index contributed by atoms with van der Waals surface area (Å²) >= 11 is 0. The number of ether oxygens (including phenoxy) is 3. The lowest BCUT2D eigenvalue weighted by atomic mass is 10.1. The number of esters is 1. The first-order valence-electron chi connectivity index (χ1n) is 11.7. The number of benzene rings is 2. The topological polar surface area (TPSA) is 104 Å². The van der Waals surface area contributed by atoms with Crippen molar-refractivity contribution < 1.29 is 37.1 Å². The maximum atomic E-state index is 12.7. The molecule has 0 atom stereocenters. The third-order valence-electron chi connectivity index (χ3n) is 5.55. The number of hydrogen-bond donors (Lipinski definition) is 0. The van der Waals surface area contributed by atoms with Gasteiger partial charge in [0.15, 0.2) is 11.5 Å². The van der Waals surface area contributed by atoms with Crippen LogP contribution in [0.15, 0.2) is 40.9 Å². The number of carbonyl (C=O) groups excluding carboxylic acids is 2. The molecule has 4 rings (SSSR count). The summed E-state index contributed by atoms with van der Waals surface area (Å²) in [6, 6.07) is 9.82. The third kappa shape index (κ3) is 6.22. The maximum absolute atomic E-state index is 12.7. The summed E-state index contributed by atoms with van der Waals surface area (Å²) in [5.41, 5.74) is 2.30. The lowest BCUT2D eigenvalue weighted by molar-refractivity contribution is -0.155. The lowest BCUT2D eigenvalue weighted by Gasteiger charge is -2.20. The van der Waals surface area contributed by atoms with Crippen LogP contribution in [0, 0.1) is 0 Å². The molecule has 3 aromatic rings. The quantitative estimate of drug-likeness (QED) is 0.385. The van der Waals surface area contributed by atoms with Gasteiger partial charge in [-0.15, -0.1) is 0 Å². The smallest absolute Gasteiger partial charge is 0.387 e. The Morgan fingerprint density at radius 2 is 1.84 bits per heavy atom. The predicted octanol–water partition coefficient (Wildman–Crippen LogP) is 5.02. The number of aromatic nitrogens is 2. The van der Waals surface area contributed by atoms with Crippen LogP contribution in [-0.4, -0.2) is 47.9 Å². The number of rotatable bonds is 8. The van der Waals surface area contributed by atoms with Crippen LogP contribution in [0.3, 0.4) is 0 Å². The summed E-state index contributed by atoms with van der Waals surface area (Å²) in [6.07, 6.45) is 0.732. The second kappa shape index (κ2) is 10.5. The molecule has 37 heavy (non-hydrogen) atoms. The van der Waals surface area contributed by atoms with E-state index in [4.69, 9.17) is 14.0 Å². The summed E-state index contributed by atoms with van der Waals surface area (Å²) in [7, 11) is 1.34. The summed E-state index contributed by atoms with van der Waals surface area (Å²) in [5, 5.41) is 4.04. The second-order valence-corrected chi connectivity index (χ2v) is 9.39. The molecule has 0 fully saturated rings. The number of amides is 1. The van der Waals surface area contributed by atoms with E-state index in [1.54, 1.807) is 31.7 Å². The molecule has 1 aliphatic heterocycles. The predicted molar refractivity (Wildman–Crippen MR) is 129 cm³/mol. The minimum Gasteiger partial charge on any atom is -0.493 e. The van der Waals surface area contributed by atoms with Gasteiger partial charge in [-0.25, -0.2) is 0 Å². The average Bonchev–Trinajstić information content (AvgIpc) is 3.48. The Balaban J connectivity index is 1.46. The van der Waals surface area contributed by atoms with Crippen LogP contribution >= 0.6 is 0 Å². The zero-order valence-corrected chi connectivity index (χ0v) is 20.9. The van der Waals surface area contributed by atoms with Gasteiger partial charge in [-0.05, 0) is 69.2 Å². The molecule has 1 aliphatic rings. The molecule has 2 aromatic carbocycles. The fraction of sp³-hybridized carbons (Fsp3) is 0.385. The number of nitrogens with zero attached hydrogens (tertiary/aromatic N) is 3. The number of fused-ring (bicyclic) bond motifs is 1. The van der Waals surface area contributed by atoms with Gasteiger partial charge >= 0.3 is 12.6 Å². The fourth-order valence-electron chi connectivity index (χ4n) is 3.99. The number of carbonyl (C=O) groups is 2. The molecule has 1 amide bonds. The standard InChI is InChI=1S/C26H27F2N3O6/c1-26(2,3)36-22(33)10-9-21(32)31-12-11-15-13-16(5-7-18(15)31)23-29-24(37-30-23)17-6-8-19(35-25(27)28)20(14-17)34-4/h5-8,13-14,25H,9-12H2,1-4H3. The van der Waals surface area contributed by atoms with Gasteiger partial charge in [-0.2, -0.15) is 13.8 Å². The first-order chi connectivity index (χ1) is 17.5. The van der Waals surface area contributed by atoms with Gasteiger partial charge in [0, 0.05) is 29.8 Å². The molecule has 0 bridgehead atoms. The highest BCUT2D eigenvalue weighted by Crippen LogP contribution is 2.35. The molecule has 11 heteroatoms. The van der Waals surface area contributed by atoms with Crippen LogP contribution < -0.4 is 14.4 Å². The SMILES string of the molecule is COc1cc(-c2nc(-c3ccc4c(c3)CCN4C(=O)CCC(=O)OC(C)(C)C)no2)ccc1OC(F)F. The van der Waals surface area contributed by atoms with E-state index in [1.807, 2.05) is 12.1 Å². The monoisotopic (exact) mass is 515 g/mol. The molecule has 1 aromatic heterocycles. The van der Waals surface area contributed by atoms with Gasteiger partial charge < -0.3 is 23.6 Å². The molecule has 0 saturated carbocycles. The van der Waals surface area contributed by atoms with E-state index in [0.29, 0.717) is 29.9 Å². The van der Waals surface area contributed by atoms with Gasteiger partial charge in [-0.1, -0.05) is 5.16 Å². The molecule has 0 N–H and O–H groups in total. The highest BCUT2D eigenvalue weighted by molar-refractivity contribution is 5.97. The zero-order valence-electron chi connectivity index (χ0n) is 20.9. The van der Waals surface area contributed by atoms with Crippen LogP contribution in [-0.2, 0) is 20.7 Å². The lowest BCUT2D eigenvalue weighted by Crippen LogP contribution is -2.30. The molecule has 0 aliphatic carbocycles. The Labute approximate surface area is 212 Å². The van der Waals surface area contributed by atoms with Crippen molar-refractivity contribution in [2.45, 2.75) is 52.2 Å². The first kappa shape index (κ1) is 26.1. The highest BCUT2D eigenvalue weighted by atomic mass is 19.3. The first-order valence-corrected chi connectivity index (χ1v) is 11.7. The molecule has 2 heterocycles. The summed E-state index contributed by atoms with van der Waals surface area (Å²) in [5.74, 6) is -0.0446. The van der Waals surface area contributed by atoms with Crippen molar-refractivity contribution in [3.05, 3.63) is 42.0 Å². The molecule has 9 nitrogen and oxygen atoms in total. The van der Waals surface area contributed by atoms with E-state index < -0.39 is 18.2 Å². The van der Waals surface area contributed by atoms with Gasteiger partial charge in [0.05, 0.1) is 13.5 Å². The number of alkyl halides is 2. The van der Waals surface area contributed by atoms with Crippen LogP contribution in [0.5, 0.6) is 11.5 Å². The number of hydrogen-bond acceptors (Lipinski definition) is 8. The summed E-state index contributed by atoms with van der Waals surface area (Å²) < 4.78 is 45.4. The zero-order chi connectivity index (χ0) is 26.7. The largest absolute Gasteiger partial charge is 0.493 e. The van der Waals surface area contributed by atoms with Gasteiger partial charge in [0.1, 0.15) is 5.60 Å². The second-order valence-electron chi connectivity index (χ2n) is 9.39. The van der Waals surface area contributed by atoms with Crippen molar-refractivity contribution in [1.29, 1.82) is 0 Å². The Morgan fingerprint density at radius 3 is 2.54 bits per heavy atom. The van der Waals surface area contributed by atoms with Crippen molar-refractivity contribution in [1.82, 2.24) is 10.1 Å². The molecule has 0 saturated heterocycles. The fourth-order valence-corrected chi connectivity index (χ4v) is 3.99. The van der Waals surface area contributed by atoms with Crippen LogP contribution in [0.25, 0.3) is 22.8 Å².